The molecule has 0 radical (unpaired) electrons. The molecule has 0 atom stereocenters. The molecule has 1 fully saturated rings. The van der Waals surface area contributed by atoms with Crippen LogP contribution in [0.3, 0.4) is 0 Å². The molecule has 3 nitrogen and oxygen atoms in total. The van der Waals surface area contributed by atoms with Crippen molar-refractivity contribution in [1.82, 2.24) is 4.90 Å². The Morgan fingerprint density at radius 2 is 1.94 bits per heavy atom. The molecule has 1 aromatic carbocycles. The van der Waals surface area contributed by atoms with Crippen molar-refractivity contribution in [1.29, 1.82) is 0 Å². The molecular formula is C14H21ClN2O. The van der Waals surface area contributed by atoms with Crippen LogP contribution in [0.15, 0.2) is 18.2 Å². The minimum absolute atomic E-state index is 0.0459. The van der Waals surface area contributed by atoms with Gasteiger partial charge in [-0.15, -0.1) is 0 Å². The summed E-state index contributed by atoms with van der Waals surface area (Å²) in [6.07, 6.45) is 1.21. The Morgan fingerprint density at radius 1 is 1.22 bits per heavy atom. The number of anilines is 1. The maximum atomic E-state index is 9.08. The maximum absolute atomic E-state index is 9.08. The Balaban J connectivity index is 2.01. The first kappa shape index (κ1) is 13.7. The molecule has 0 amide bonds. The molecule has 4 heteroatoms. The predicted octanol–water partition coefficient (Wildman–Crippen LogP) is 2.36. The van der Waals surface area contributed by atoms with Crippen LogP contribution in [0, 0.1) is 0 Å². The lowest BCUT2D eigenvalue weighted by molar-refractivity contribution is 0.258. The average Bonchev–Trinajstić information content (AvgIpc) is 2.40. The van der Waals surface area contributed by atoms with E-state index >= 15 is 0 Å². The normalized spacial score (nSPS) is 17.2. The van der Waals surface area contributed by atoms with E-state index < -0.39 is 0 Å². The first-order valence-electron chi connectivity index (χ1n) is 6.61. The smallest absolute Gasteiger partial charge is 0.0682 e. The van der Waals surface area contributed by atoms with Crippen LogP contribution in [0.4, 0.5) is 5.69 Å². The number of piperazine rings is 1. The molecule has 2 rings (SSSR count). The molecule has 1 saturated heterocycles. The van der Waals surface area contributed by atoms with Gasteiger partial charge in [0.25, 0.3) is 0 Å². The van der Waals surface area contributed by atoms with Gasteiger partial charge in [-0.1, -0.05) is 24.6 Å². The topological polar surface area (TPSA) is 26.7 Å². The summed E-state index contributed by atoms with van der Waals surface area (Å²) >= 11 is 6.27. The van der Waals surface area contributed by atoms with E-state index in [1.165, 1.54) is 13.0 Å². The van der Waals surface area contributed by atoms with Gasteiger partial charge in [0.05, 0.1) is 17.3 Å². The molecule has 1 aliphatic rings. The summed E-state index contributed by atoms with van der Waals surface area (Å²) in [5, 5.41) is 9.82. The number of hydrogen-bond donors (Lipinski definition) is 1. The molecule has 0 bridgehead atoms. The fourth-order valence-electron chi connectivity index (χ4n) is 2.43. The van der Waals surface area contributed by atoms with Crippen LogP contribution in [-0.2, 0) is 6.61 Å². The fraction of sp³-hybridized carbons (Fsp3) is 0.571. The largest absolute Gasteiger partial charge is 0.392 e. The molecule has 0 aromatic heterocycles. The summed E-state index contributed by atoms with van der Waals surface area (Å²) in [6.45, 7) is 7.71. The van der Waals surface area contributed by atoms with Crippen molar-refractivity contribution < 1.29 is 5.11 Å². The van der Waals surface area contributed by atoms with Gasteiger partial charge in [-0.05, 0) is 30.7 Å². The van der Waals surface area contributed by atoms with E-state index in [9.17, 15) is 0 Å². The third-order valence-electron chi connectivity index (χ3n) is 3.45. The van der Waals surface area contributed by atoms with Gasteiger partial charge >= 0.3 is 0 Å². The molecule has 0 aliphatic carbocycles. The number of benzene rings is 1. The quantitative estimate of drug-likeness (QED) is 0.908. The Labute approximate surface area is 114 Å². The molecule has 0 unspecified atom stereocenters. The summed E-state index contributed by atoms with van der Waals surface area (Å²) in [5.74, 6) is 0. The van der Waals surface area contributed by atoms with Gasteiger partial charge in [-0.3, -0.25) is 4.90 Å². The van der Waals surface area contributed by atoms with Crippen molar-refractivity contribution in [2.24, 2.45) is 0 Å². The molecule has 1 aromatic rings. The Morgan fingerprint density at radius 3 is 2.50 bits per heavy atom. The van der Waals surface area contributed by atoms with Crippen molar-refractivity contribution in [2.45, 2.75) is 20.0 Å². The van der Waals surface area contributed by atoms with Gasteiger partial charge in [0.2, 0.25) is 0 Å². The highest BCUT2D eigenvalue weighted by molar-refractivity contribution is 6.33. The minimum atomic E-state index is 0.0459. The summed E-state index contributed by atoms with van der Waals surface area (Å²) in [5.41, 5.74) is 1.96. The summed E-state index contributed by atoms with van der Waals surface area (Å²) < 4.78 is 0. The highest BCUT2D eigenvalue weighted by Gasteiger charge is 2.18. The van der Waals surface area contributed by atoms with Crippen LogP contribution < -0.4 is 4.90 Å². The van der Waals surface area contributed by atoms with Crippen molar-refractivity contribution in [3.05, 3.63) is 28.8 Å². The molecule has 100 valence electrons. The van der Waals surface area contributed by atoms with Crippen molar-refractivity contribution in [2.75, 3.05) is 37.6 Å². The average molecular weight is 269 g/mol. The fourth-order valence-corrected chi connectivity index (χ4v) is 2.76. The van der Waals surface area contributed by atoms with Gasteiger partial charge in [-0.25, -0.2) is 0 Å². The van der Waals surface area contributed by atoms with Crippen LogP contribution in [0.1, 0.15) is 18.9 Å². The standard InChI is InChI=1S/C14H21ClN2O/c1-2-5-16-6-8-17(9-7-16)14-4-3-12(11-18)10-13(14)15/h3-4,10,18H,2,5-9,11H2,1H3. The zero-order valence-corrected chi connectivity index (χ0v) is 11.7. The Hall–Kier alpha value is -0.770. The molecule has 18 heavy (non-hydrogen) atoms. The van der Waals surface area contributed by atoms with E-state index in [0.717, 1.165) is 42.5 Å². The van der Waals surface area contributed by atoms with E-state index in [1.807, 2.05) is 18.2 Å². The van der Waals surface area contributed by atoms with Crippen LogP contribution in [-0.4, -0.2) is 42.7 Å². The first-order valence-corrected chi connectivity index (χ1v) is 6.99. The lowest BCUT2D eigenvalue weighted by Crippen LogP contribution is -2.46. The SMILES string of the molecule is CCCN1CCN(c2ccc(CO)cc2Cl)CC1. The van der Waals surface area contributed by atoms with Crippen molar-refractivity contribution in [3.63, 3.8) is 0 Å². The number of rotatable bonds is 4. The van der Waals surface area contributed by atoms with E-state index in [2.05, 4.69) is 16.7 Å². The summed E-state index contributed by atoms with van der Waals surface area (Å²) in [6, 6.07) is 5.82. The maximum Gasteiger partial charge on any atom is 0.0682 e. The molecular weight excluding hydrogens is 248 g/mol. The molecule has 1 aliphatic heterocycles. The lowest BCUT2D eigenvalue weighted by atomic mass is 10.2. The molecule has 0 saturated carbocycles. The third-order valence-corrected chi connectivity index (χ3v) is 3.75. The number of aliphatic hydroxyl groups is 1. The second-order valence-electron chi connectivity index (χ2n) is 4.77. The Bertz CT molecular complexity index is 389. The zero-order valence-electron chi connectivity index (χ0n) is 10.9. The van der Waals surface area contributed by atoms with Gasteiger partial charge in [0.15, 0.2) is 0 Å². The van der Waals surface area contributed by atoms with E-state index in [0.29, 0.717) is 0 Å². The number of aliphatic hydroxyl groups excluding tert-OH is 1. The van der Waals surface area contributed by atoms with E-state index in [-0.39, 0.29) is 6.61 Å². The van der Waals surface area contributed by atoms with Gasteiger partial charge in [-0.2, -0.15) is 0 Å². The van der Waals surface area contributed by atoms with Gasteiger partial charge < -0.3 is 10.0 Å². The number of hydrogen-bond acceptors (Lipinski definition) is 3. The van der Waals surface area contributed by atoms with Crippen LogP contribution in [0.2, 0.25) is 5.02 Å². The monoisotopic (exact) mass is 268 g/mol. The van der Waals surface area contributed by atoms with Crippen LogP contribution in [0.5, 0.6) is 0 Å². The van der Waals surface area contributed by atoms with E-state index in [1.54, 1.807) is 0 Å². The van der Waals surface area contributed by atoms with Crippen LogP contribution >= 0.6 is 11.6 Å². The second-order valence-corrected chi connectivity index (χ2v) is 5.18. The third kappa shape index (κ3) is 3.16. The van der Waals surface area contributed by atoms with E-state index in [4.69, 9.17) is 16.7 Å². The molecule has 1 N–H and O–H groups in total. The molecule has 1 heterocycles. The van der Waals surface area contributed by atoms with Gasteiger partial charge in [0.1, 0.15) is 0 Å². The minimum Gasteiger partial charge on any atom is -0.392 e. The lowest BCUT2D eigenvalue weighted by Gasteiger charge is -2.36. The predicted molar refractivity (Wildman–Crippen MR) is 76.3 cm³/mol. The Kier molecular flexibility index (Phi) is 4.87. The second kappa shape index (κ2) is 6.41. The van der Waals surface area contributed by atoms with Gasteiger partial charge in [0, 0.05) is 26.2 Å². The molecule has 0 spiro atoms. The van der Waals surface area contributed by atoms with Crippen molar-refractivity contribution in [3.8, 4) is 0 Å². The summed E-state index contributed by atoms with van der Waals surface area (Å²) in [7, 11) is 0. The highest BCUT2D eigenvalue weighted by Crippen LogP contribution is 2.27. The number of nitrogens with zero attached hydrogens (tertiary/aromatic N) is 2. The van der Waals surface area contributed by atoms with Crippen LogP contribution in [0.25, 0.3) is 0 Å². The summed E-state index contributed by atoms with van der Waals surface area (Å²) in [4.78, 5) is 4.82. The first-order chi connectivity index (χ1) is 8.74. The highest BCUT2D eigenvalue weighted by atomic mass is 35.5. The number of halogens is 1. The zero-order chi connectivity index (χ0) is 13.0. The van der Waals surface area contributed by atoms with Crippen molar-refractivity contribution >= 4 is 17.3 Å².